The summed E-state index contributed by atoms with van der Waals surface area (Å²) in [6.45, 7) is 3.22. The second-order valence-electron chi connectivity index (χ2n) is 6.06. The van der Waals surface area contributed by atoms with E-state index in [2.05, 4.69) is 22.2 Å². The number of hydrogen-bond donors (Lipinski definition) is 2. The van der Waals surface area contributed by atoms with Gasteiger partial charge in [0.15, 0.2) is 0 Å². The van der Waals surface area contributed by atoms with Gasteiger partial charge in [0, 0.05) is 18.7 Å². The van der Waals surface area contributed by atoms with Gasteiger partial charge in [-0.2, -0.15) is 0 Å². The molecule has 1 fully saturated rings. The van der Waals surface area contributed by atoms with E-state index in [1.807, 2.05) is 0 Å². The summed E-state index contributed by atoms with van der Waals surface area (Å²) in [5.74, 6) is 2.20. The number of imidazole rings is 1. The van der Waals surface area contributed by atoms with Gasteiger partial charge < -0.3 is 10.3 Å². The van der Waals surface area contributed by atoms with Gasteiger partial charge in [-0.1, -0.05) is 19.8 Å². The van der Waals surface area contributed by atoms with Gasteiger partial charge in [-0.05, 0) is 30.7 Å². The van der Waals surface area contributed by atoms with Crippen molar-refractivity contribution in [3.8, 4) is 0 Å². The van der Waals surface area contributed by atoms with E-state index in [4.69, 9.17) is 0 Å². The molecule has 2 unspecified atom stereocenters. The van der Waals surface area contributed by atoms with Crippen LogP contribution in [0.15, 0.2) is 18.2 Å². The molecule has 1 heterocycles. The Bertz CT molecular complexity index is 652. The molecule has 0 bridgehead atoms. The number of nitrogens with zero attached hydrogens (tertiary/aromatic N) is 2. The van der Waals surface area contributed by atoms with Crippen molar-refractivity contribution < 1.29 is 4.92 Å². The van der Waals surface area contributed by atoms with E-state index in [1.165, 1.54) is 37.8 Å². The lowest BCUT2D eigenvalue weighted by Gasteiger charge is -2.26. The second kappa shape index (κ2) is 5.71. The molecule has 1 aliphatic carbocycles. The van der Waals surface area contributed by atoms with Crippen LogP contribution >= 0.6 is 0 Å². The monoisotopic (exact) mass is 288 g/mol. The van der Waals surface area contributed by atoms with Crippen molar-refractivity contribution in [3.05, 3.63) is 28.3 Å². The molecule has 0 saturated heterocycles. The minimum absolute atomic E-state index is 0.0822. The van der Waals surface area contributed by atoms with Crippen LogP contribution in [0.25, 0.3) is 11.0 Å². The number of nitrogens with one attached hydrogen (secondary N) is 2. The lowest BCUT2D eigenvalue weighted by atomic mass is 9.82. The minimum atomic E-state index is -0.392. The highest BCUT2D eigenvalue weighted by Crippen LogP contribution is 2.28. The van der Waals surface area contributed by atoms with Crippen molar-refractivity contribution in [2.45, 2.75) is 32.6 Å². The van der Waals surface area contributed by atoms with E-state index in [9.17, 15) is 10.1 Å². The van der Waals surface area contributed by atoms with Crippen molar-refractivity contribution in [1.29, 1.82) is 0 Å². The summed E-state index contributed by atoms with van der Waals surface area (Å²) in [7, 11) is 0. The smallest absolute Gasteiger partial charge is 0.271 e. The fourth-order valence-corrected chi connectivity index (χ4v) is 3.18. The summed E-state index contributed by atoms with van der Waals surface area (Å²) in [6.07, 6.45) is 5.17. The van der Waals surface area contributed by atoms with E-state index in [-0.39, 0.29) is 5.69 Å². The Labute approximate surface area is 123 Å². The van der Waals surface area contributed by atoms with Crippen LogP contribution < -0.4 is 5.32 Å². The SMILES string of the molecule is CC1CCCC(CNc2nc3ccc([N+](=O)[O-])cc3[nH]2)C1. The molecule has 1 aromatic heterocycles. The van der Waals surface area contributed by atoms with Crippen molar-refractivity contribution in [2.24, 2.45) is 11.8 Å². The normalized spacial score (nSPS) is 22.3. The molecule has 1 aliphatic rings. The zero-order valence-corrected chi connectivity index (χ0v) is 12.1. The largest absolute Gasteiger partial charge is 0.356 e. The Hall–Kier alpha value is -2.11. The summed E-state index contributed by atoms with van der Waals surface area (Å²) in [6, 6.07) is 4.68. The Kier molecular flexibility index (Phi) is 3.77. The fraction of sp³-hybridized carbons (Fsp3) is 0.533. The third kappa shape index (κ3) is 3.15. The first-order chi connectivity index (χ1) is 10.1. The predicted octanol–water partition coefficient (Wildman–Crippen LogP) is 3.71. The molecule has 2 atom stereocenters. The molecule has 1 saturated carbocycles. The molecule has 2 aromatic rings. The number of H-pyrrole nitrogens is 1. The highest BCUT2D eigenvalue weighted by molar-refractivity contribution is 5.79. The number of fused-ring (bicyclic) bond motifs is 1. The average molecular weight is 288 g/mol. The molecule has 0 radical (unpaired) electrons. The van der Waals surface area contributed by atoms with Crippen LogP contribution in [0.4, 0.5) is 11.6 Å². The summed E-state index contributed by atoms with van der Waals surface area (Å²) in [4.78, 5) is 17.9. The van der Waals surface area contributed by atoms with Gasteiger partial charge in [-0.15, -0.1) is 0 Å². The lowest BCUT2D eigenvalue weighted by molar-refractivity contribution is -0.384. The van der Waals surface area contributed by atoms with E-state index in [0.29, 0.717) is 17.4 Å². The second-order valence-corrected chi connectivity index (χ2v) is 6.06. The number of rotatable bonds is 4. The van der Waals surface area contributed by atoms with Crippen molar-refractivity contribution in [3.63, 3.8) is 0 Å². The number of nitro groups is 1. The minimum Gasteiger partial charge on any atom is -0.356 e. The highest BCUT2D eigenvalue weighted by Gasteiger charge is 2.19. The van der Waals surface area contributed by atoms with Crippen molar-refractivity contribution in [1.82, 2.24) is 9.97 Å². The van der Waals surface area contributed by atoms with E-state index in [0.717, 1.165) is 18.0 Å². The Balaban J connectivity index is 1.68. The topological polar surface area (TPSA) is 83.8 Å². The first kappa shape index (κ1) is 13.9. The van der Waals surface area contributed by atoms with Gasteiger partial charge in [0.1, 0.15) is 0 Å². The molecule has 1 aromatic carbocycles. The number of anilines is 1. The van der Waals surface area contributed by atoms with Gasteiger partial charge in [0.25, 0.3) is 5.69 Å². The predicted molar refractivity (Wildman–Crippen MR) is 82.4 cm³/mol. The molecular formula is C15H20N4O2. The zero-order chi connectivity index (χ0) is 14.8. The number of hydrogen-bond acceptors (Lipinski definition) is 4. The molecule has 0 spiro atoms. The molecular weight excluding hydrogens is 268 g/mol. The maximum absolute atomic E-state index is 10.8. The maximum Gasteiger partial charge on any atom is 0.271 e. The average Bonchev–Trinajstić information content (AvgIpc) is 2.87. The first-order valence-electron chi connectivity index (χ1n) is 7.50. The van der Waals surface area contributed by atoms with Gasteiger partial charge in [0.05, 0.1) is 16.0 Å². The Morgan fingerprint density at radius 2 is 2.33 bits per heavy atom. The molecule has 2 N–H and O–H groups in total. The Morgan fingerprint density at radius 1 is 1.48 bits per heavy atom. The van der Waals surface area contributed by atoms with Crippen LogP contribution in [0.1, 0.15) is 32.6 Å². The van der Waals surface area contributed by atoms with Gasteiger partial charge in [-0.25, -0.2) is 4.98 Å². The Morgan fingerprint density at radius 3 is 3.10 bits per heavy atom. The van der Waals surface area contributed by atoms with Gasteiger partial charge in [-0.3, -0.25) is 10.1 Å². The van der Waals surface area contributed by atoms with Crippen LogP contribution in [-0.4, -0.2) is 21.4 Å². The third-order valence-electron chi connectivity index (χ3n) is 4.28. The number of aromatic amines is 1. The van der Waals surface area contributed by atoms with Crippen LogP contribution in [0, 0.1) is 22.0 Å². The molecule has 6 nitrogen and oxygen atoms in total. The van der Waals surface area contributed by atoms with Crippen LogP contribution in [0.5, 0.6) is 0 Å². The summed E-state index contributed by atoms with van der Waals surface area (Å²) in [5, 5.41) is 14.1. The van der Waals surface area contributed by atoms with E-state index in [1.54, 1.807) is 6.07 Å². The summed E-state index contributed by atoms with van der Waals surface area (Å²) in [5.41, 5.74) is 1.53. The summed E-state index contributed by atoms with van der Waals surface area (Å²) >= 11 is 0. The number of aromatic nitrogens is 2. The number of benzene rings is 1. The van der Waals surface area contributed by atoms with E-state index >= 15 is 0 Å². The lowest BCUT2D eigenvalue weighted by Crippen LogP contribution is -2.21. The molecule has 0 amide bonds. The molecule has 0 aliphatic heterocycles. The highest BCUT2D eigenvalue weighted by atomic mass is 16.6. The quantitative estimate of drug-likeness (QED) is 0.663. The standard InChI is InChI=1S/C15H20N4O2/c1-10-3-2-4-11(7-10)9-16-15-17-13-6-5-12(19(20)21)8-14(13)18-15/h5-6,8,10-11H,2-4,7,9H2,1H3,(H2,16,17,18). The third-order valence-corrected chi connectivity index (χ3v) is 4.28. The van der Waals surface area contributed by atoms with Gasteiger partial charge in [0.2, 0.25) is 5.95 Å². The molecule has 3 rings (SSSR count). The molecule has 6 heteroatoms. The van der Waals surface area contributed by atoms with Gasteiger partial charge >= 0.3 is 0 Å². The number of nitro benzene ring substituents is 1. The van der Waals surface area contributed by atoms with Crippen molar-refractivity contribution in [2.75, 3.05) is 11.9 Å². The van der Waals surface area contributed by atoms with Crippen LogP contribution in [0.2, 0.25) is 0 Å². The molecule has 21 heavy (non-hydrogen) atoms. The van der Waals surface area contributed by atoms with Crippen LogP contribution in [0.3, 0.4) is 0 Å². The molecule has 112 valence electrons. The number of non-ortho nitro benzene ring substituents is 1. The maximum atomic E-state index is 10.8. The van der Waals surface area contributed by atoms with Crippen LogP contribution in [-0.2, 0) is 0 Å². The fourth-order valence-electron chi connectivity index (χ4n) is 3.18. The van der Waals surface area contributed by atoms with Crippen molar-refractivity contribution >= 4 is 22.7 Å². The summed E-state index contributed by atoms with van der Waals surface area (Å²) < 4.78 is 0. The van der Waals surface area contributed by atoms with E-state index < -0.39 is 4.92 Å². The zero-order valence-electron chi connectivity index (χ0n) is 12.1. The first-order valence-corrected chi connectivity index (χ1v) is 7.50.